The van der Waals surface area contributed by atoms with Crippen molar-refractivity contribution in [2.24, 2.45) is 16.7 Å². The van der Waals surface area contributed by atoms with Gasteiger partial charge in [0.05, 0.1) is 12.1 Å². The summed E-state index contributed by atoms with van der Waals surface area (Å²) in [5.74, 6) is -2.65. The van der Waals surface area contributed by atoms with E-state index in [-0.39, 0.29) is 5.84 Å². The maximum Gasteiger partial charge on any atom is 0.248 e. The van der Waals surface area contributed by atoms with Gasteiger partial charge in [0.15, 0.2) is 16.6 Å². The van der Waals surface area contributed by atoms with Crippen LogP contribution in [0.15, 0.2) is 30.3 Å². The number of fused-ring (bicyclic) bond motifs is 3. The highest BCUT2D eigenvalue weighted by molar-refractivity contribution is 6.14. The highest BCUT2D eigenvalue weighted by atomic mass is 16.7. The Morgan fingerprint density at radius 2 is 1.93 bits per heavy atom. The molecule has 3 fully saturated rings. The lowest BCUT2D eigenvalue weighted by Crippen LogP contribution is -2.66. The molecule has 1 aromatic carbocycles. The largest absolute Gasteiger partial charge is 0.353 e. The van der Waals surface area contributed by atoms with E-state index in [4.69, 9.17) is 14.9 Å². The molecule has 5 unspecified atom stereocenters. The minimum Gasteiger partial charge on any atom is -0.353 e. The first-order valence-corrected chi connectivity index (χ1v) is 9.03. The van der Waals surface area contributed by atoms with E-state index in [0.717, 1.165) is 12.8 Å². The summed E-state index contributed by atoms with van der Waals surface area (Å²) in [5.41, 5.74) is -2.85. The molecular weight excluding hydrogens is 344 g/mol. The van der Waals surface area contributed by atoms with Gasteiger partial charge in [-0.1, -0.05) is 36.8 Å². The van der Waals surface area contributed by atoms with Crippen molar-refractivity contribution in [3.63, 3.8) is 0 Å². The summed E-state index contributed by atoms with van der Waals surface area (Å²) in [4.78, 5) is 13.1. The van der Waals surface area contributed by atoms with Crippen molar-refractivity contribution in [3.05, 3.63) is 35.9 Å². The van der Waals surface area contributed by atoms with Crippen LogP contribution in [-0.4, -0.2) is 24.6 Å². The summed E-state index contributed by atoms with van der Waals surface area (Å²) in [6, 6.07) is 13.4. The highest BCUT2D eigenvalue weighted by Crippen LogP contribution is 2.67. The van der Waals surface area contributed by atoms with E-state index in [1.54, 1.807) is 24.3 Å². The Hall–Kier alpha value is -2.74. The Balaban J connectivity index is 2.04. The number of nitrogens with zero attached hydrogens (tertiary/aromatic N) is 2. The van der Waals surface area contributed by atoms with Gasteiger partial charge in [0.2, 0.25) is 5.91 Å². The minimum atomic E-state index is -1.75. The molecule has 3 aliphatic rings. The summed E-state index contributed by atoms with van der Waals surface area (Å²) in [5, 5.41) is 31.5. The van der Waals surface area contributed by atoms with Crippen molar-refractivity contribution < 1.29 is 14.3 Å². The average Bonchev–Trinajstić information content (AvgIpc) is 2.95. The maximum atomic E-state index is 13.1. The van der Waals surface area contributed by atoms with Crippen LogP contribution in [-0.2, 0) is 14.3 Å². The molecule has 7 nitrogen and oxygen atoms in total. The van der Waals surface area contributed by atoms with Crippen LogP contribution in [0.25, 0.3) is 0 Å². The average molecular weight is 364 g/mol. The predicted molar refractivity (Wildman–Crippen MR) is 93.9 cm³/mol. The molecule has 2 saturated heterocycles. The summed E-state index contributed by atoms with van der Waals surface area (Å²) in [6.07, 6.45) is 1.73. The standard InChI is InChI=1S/C20H20N4O3/c1-26-20-10-6-5-9-14(20)18(11-21)17(25)24-16(23)19(18,12-22)15(27-20)13-7-3-2-4-8-13/h2-4,7-8,14-15H,5-6,9-10H2,1H3,(H2,23,24,25). The van der Waals surface area contributed by atoms with E-state index >= 15 is 0 Å². The first-order valence-electron chi connectivity index (χ1n) is 9.03. The van der Waals surface area contributed by atoms with Gasteiger partial charge in [-0.05, 0) is 18.4 Å². The predicted octanol–water partition coefficient (Wildman–Crippen LogP) is 2.42. The first kappa shape index (κ1) is 17.7. The number of carbonyl (C=O) groups is 1. The quantitative estimate of drug-likeness (QED) is 0.835. The fraction of sp³-hybridized carbons (Fsp3) is 0.500. The van der Waals surface area contributed by atoms with Crippen molar-refractivity contribution >= 4 is 11.7 Å². The van der Waals surface area contributed by atoms with E-state index in [9.17, 15) is 15.3 Å². The van der Waals surface area contributed by atoms with Crippen molar-refractivity contribution in [1.29, 1.82) is 15.9 Å². The Labute approximate surface area is 157 Å². The van der Waals surface area contributed by atoms with Crippen LogP contribution < -0.4 is 5.32 Å². The van der Waals surface area contributed by atoms with E-state index in [2.05, 4.69) is 17.5 Å². The lowest BCUT2D eigenvalue weighted by Gasteiger charge is -2.57. The maximum absolute atomic E-state index is 13.1. The van der Waals surface area contributed by atoms with Crippen molar-refractivity contribution in [3.8, 4) is 12.1 Å². The molecule has 1 aliphatic carbocycles. The van der Waals surface area contributed by atoms with E-state index in [1.165, 1.54) is 7.11 Å². The molecule has 7 heteroatoms. The third-order valence-corrected chi connectivity index (χ3v) is 6.45. The molecule has 27 heavy (non-hydrogen) atoms. The second kappa shape index (κ2) is 5.88. The van der Waals surface area contributed by atoms with Gasteiger partial charge < -0.3 is 14.8 Å². The molecule has 2 heterocycles. The normalized spacial score (nSPS) is 40.3. The fourth-order valence-electron chi connectivity index (χ4n) is 5.21. The summed E-state index contributed by atoms with van der Waals surface area (Å²) in [7, 11) is 1.52. The molecule has 4 rings (SSSR count). The van der Waals surface area contributed by atoms with Crippen LogP contribution in [0.1, 0.15) is 37.4 Å². The molecule has 138 valence electrons. The number of ether oxygens (including phenoxy) is 2. The van der Waals surface area contributed by atoms with Crippen molar-refractivity contribution in [1.82, 2.24) is 5.32 Å². The number of methoxy groups -OCH3 is 1. The minimum absolute atomic E-state index is 0.277. The fourth-order valence-corrected chi connectivity index (χ4v) is 5.21. The second-order valence-corrected chi connectivity index (χ2v) is 7.39. The van der Waals surface area contributed by atoms with Gasteiger partial charge in [-0.25, -0.2) is 0 Å². The van der Waals surface area contributed by atoms with Gasteiger partial charge in [0.25, 0.3) is 0 Å². The molecule has 1 aromatic rings. The van der Waals surface area contributed by atoms with Gasteiger partial charge in [-0.3, -0.25) is 10.2 Å². The number of benzene rings is 1. The van der Waals surface area contributed by atoms with Crippen LogP contribution in [0.4, 0.5) is 0 Å². The van der Waals surface area contributed by atoms with Crippen molar-refractivity contribution in [2.75, 3.05) is 7.11 Å². The number of rotatable bonds is 2. The molecule has 2 aliphatic heterocycles. The molecular formula is C20H20N4O3. The molecule has 0 spiro atoms. The molecule has 1 saturated carbocycles. The number of hydrogen-bond acceptors (Lipinski definition) is 6. The van der Waals surface area contributed by atoms with E-state index in [0.29, 0.717) is 18.4 Å². The van der Waals surface area contributed by atoms with Gasteiger partial charge in [-0.15, -0.1) is 0 Å². The summed E-state index contributed by atoms with van der Waals surface area (Å²) in [6.45, 7) is 0. The molecule has 5 atom stereocenters. The topological polar surface area (TPSA) is 119 Å². The number of nitrogens with one attached hydrogen (secondary N) is 2. The Morgan fingerprint density at radius 3 is 2.56 bits per heavy atom. The van der Waals surface area contributed by atoms with Gasteiger partial charge in [0, 0.05) is 19.4 Å². The molecule has 0 bridgehead atoms. The third kappa shape index (κ3) is 1.91. The van der Waals surface area contributed by atoms with E-state index < -0.39 is 34.5 Å². The number of hydrogen-bond donors (Lipinski definition) is 2. The Kier molecular flexibility index (Phi) is 3.85. The van der Waals surface area contributed by atoms with Crippen LogP contribution in [0, 0.1) is 44.8 Å². The van der Waals surface area contributed by atoms with Crippen LogP contribution in [0.3, 0.4) is 0 Å². The van der Waals surface area contributed by atoms with Gasteiger partial charge >= 0.3 is 0 Å². The monoisotopic (exact) mass is 364 g/mol. The number of amidine groups is 1. The molecule has 2 N–H and O–H groups in total. The molecule has 0 aromatic heterocycles. The number of carbonyl (C=O) groups excluding carboxylic acids is 1. The number of nitriles is 2. The summed E-state index contributed by atoms with van der Waals surface area (Å²) >= 11 is 0. The first-order chi connectivity index (χ1) is 13.0. The van der Waals surface area contributed by atoms with E-state index in [1.807, 2.05) is 6.07 Å². The van der Waals surface area contributed by atoms with Crippen LogP contribution >= 0.6 is 0 Å². The number of amides is 1. The SMILES string of the molecule is COC12CCCCC1C1(C#N)C(=O)NC(=N)C1(C#N)C(c1ccccc1)O2. The zero-order valence-corrected chi connectivity index (χ0v) is 15.0. The lowest BCUT2D eigenvalue weighted by molar-refractivity contribution is -0.345. The van der Waals surface area contributed by atoms with Gasteiger partial charge in [-0.2, -0.15) is 10.5 Å². The van der Waals surface area contributed by atoms with Crippen LogP contribution in [0.5, 0.6) is 0 Å². The zero-order chi connectivity index (χ0) is 19.3. The smallest absolute Gasteiger partial charge is 0.248 e. The highest BCUT2D eigenvalue weighted by Gasteiger charge is 2.79. The van der Waals surface area contributed by atoms with Crippen molar-refractivity contribution in [2.45, 2.75) is 37.6 Å². The molecule has 0 radical (unpaired) electrons. The van der Waals surface area contributed by atoms with Gasteiger partial charge in [0.1, 0.15) is 11.9 Å². The zero-order valence-electron chi connectivity index (χ0n) is 15.0. The Morgan fingerprint density at radius 1 is 1.22 bits per heavy atom. The van der Waals surface area contributed by atoms with Crippen LogP contribution in [0.2, 0.25) is 0 Å². The summed E-state index contributed by atoms with van der Waals surface area (Å²) < 4.78 is 12.2. The Bertz CT molecular complexity index is 889. The lowest BCUT2D eigenvalue weighted by atomic mass is 9.50. The second-order valence-electron chi connectivity index (χ2n) is 7.39. The third-order valence-electron chi connectivity index (χ3n) is 6.45. The molecule has 1 amide bonds.